The maximum absolute atomic E-state index is 11.3. The first-order valence-electron chi connectivity index (χ1n) is 6.28. The standard InChI is InChI=1S/C14H18O5/c1-17-11-3-2-4-12(7-11)19-9-13(14(15)16)10-5-6-18-8-10/h2-4,7,10,13H,5-6,8-9H2,1H3,(H,15,16). The van der Waals surface area contributed by atoms with E-state index in [0.29, 0.717) is 24.7 Å². The van der Waals surface area contributed by atoms with Gasteiger partial charge in [0.25, 0.3) is 0 Å². The van der Waals surface area contributed by atoms with Crippen molar-refractivity contribution in [3.05, 3.63) is 24.3 Å². The average Bonchev–Trinajstić information content (AvgIpc) is 2.93. The molecule has 1 N–H and O–H groups in total. The summed E-state index contributed by atoms with van der Waals surface area (Å²) in [6, 6.07) is 7.14. The molecule has 1 aromatic carbocycles. The van der Waals surface area contributed by atoms with Crippen molar-refractivity contribution in [3.8, 4) is 11.5 Å². The number of rotatable bonds is 6. The van der Waals surface area contributed by atoms with Crippen LogP contribution < -0.4 is 9.47 Å². The number of aliphatic carboxylic acids is 1. The summed E-state index contributed by atoms with van der Waals surface area (Å²) < 4.78 is 15.9. The van der Waals surface area contributed by atoms with Crippen molar-refractivity contribution in [2.24, 2.45) is 11.8 Å². The Morgan fingerprint density at radius 2 is 2.32 bits per heavy atom. The molecule has 0 radical (unpaired) electrons. The van der Waals surface area contributed by atoms with Crippen LogP contribution in [0.2, 0.25) is 0 Å². The van der Waals surface area contributed by atoms with E-state index in [2.05, 4.69) is 0 Å². The van der Waals surface area contributed by atoms with Gasteiger partial charge in [0.15, 0.2) is 0 Å². The molecule has 0 aromatic heterocycles. The molecule has 1 fully saturated rings. The van der Waals surface area contributed by atoms with E-state index >= 15 is 0 Å². The van der Waals surface area contributed by atoms with Gasteiger partial charge in [0.1, 0.15) is 18.1 Å². The molecule has 1 aromatic rings. The van der Waals surface area contributed by atoms with E-state index < -0.39 is 11.9 Å². The Morgan fingerprint density at radius 1 is 1.53 bits per heavy atom. The maximum atomic E-state index is 11.3. The monoisotopic (exact) mass is 266 g/mol. The van der Waals surface area contributed by atoms with E-state index in [0.717, 1.165) is 6.42 Å². The second-order valence-corrected chi connectivity index (χ2v) is 4.56. The van der Waals surface area contributed by atoms with E-state index in [4.69, 9.17) is 14.2 Å². The van der Waals surface area contributed by atoms with Gasteiger partial charge < -0.3 is 19.3 Å². The van der Waals surface area contributed by atoms with Gasteiger partial charge in [0.2, 0.25) is 0 Å². The molecule has 2 rings (SSSR count). The summed E-state index contributed by atoms with van der Waals surface area (Å²) in [6.07, 6.45) is 0.776. The van der Waals surface area contributed by atoms with Gasteiger partial charge in [-0.05, 0) is 18.6 Å². The Kier molecular flexibility index (Phi) is 4.63. The van der Waals surface area contributed by atoms with Crippen LogP contribution in [0.5, 0.6) is 11.5 Å². The van der Waals surface area contributed by atoms with Crippen molar-refractivity contribution in [2.75, 3.05) is 26.9 Å². The Bertz CT molecular complexity index is 426. The first-order valence-corrected chi connectivity index (χ1v) is 6.28. The number of carbonyl (C=O) groups is 1. The van der Waals surface area contributed by atoms with E-state index in [-0.39, 0.29) is 12.5 Å². The fraction of sp³-hybridized carbons (Fsp3) is 0.500. The molecule has 2 unspecified atom stereocenters. The van der Waals surface area contributed by atoms with Gasteiger partial charge in [-0.2, -0.15) is 0 Å². The van der Waals surface area contributed by atoms with E-state index in [1.807, 2.05) is 12.1 Å². The predicted octanol–water partition coefficient (Wildman–Crippen LogP) is 1.81. The summed E-state index contributed by atoms with van der Waals surface area (Å²) in [6.45, 7) is 1.28. The van der Waals surface area contributed by atoms with Gasteiger partial charge in [-0.3, -0.25) is 4.79 Å². The molecule has 1 aliphatic heterocycles. The number of hydrogen-bond donors (Lipinski definition) is 1. The zero-order chi connectivity index (χ0) is 13.7. The molecular weight excluding hydrogens is 248 g/mol. The molecule has 104 valence electrons. The third-order valence-electron chi connectivity index (χ3n) is 3.32. The zero-order valence-electron chi connectivity index (χ0n) is 10.9. The van der Waals surface area contributed by atoms with Gasteiger partial charge in [0, 0.05) is 18.6 Å². The highest BCUT2D eigenvalue weighted by Gasteiger charge is 2.31. The Balaban J connectivity index is 1.96. The van der Waals surface area contributed by atoms with Crippen LogP contribution in [0.3, 0.4) is 0 Å². The molecule has 1 saturated heterocycles. The Hall–Kier alpha value is -1.75. The number of ether oxygens (including phenoxy) is 3. The summed E-state index contributed by atoms with van der Waals surface area (Å²) >= 11 is 0. The fourth-order valence-corrected chi connectivity index (χ4v) is 2.16. The lowest BCUT2D eigenvalue weighted by molar-refractivity contribution is -0.145. The highest BCUT2D eigenvalue weighted by Crippen LogP contribution is 2.25. The molecule has 1 heterocycles. The molecule has 5 heteroatoms. The summed E-state index contributed by atoms with van der Waals surface area (Å²) in [4.78, 5) is 11.3. The van der Waals surface area contributed by atoms with Crippen molar-refractivity contribution in [1.82, 2.24) is 0 Å². The minimum absolute atomic E-state index is 0.0307. The zero-order valence-corrected chi connectivity index (χ0v) is 10.9. The van der Waals surface area contributed by atoms with Gasteiger partial charge >= 0.3 is 5.97 Å². The maximum Gasteiger partial charge on any atom is 0.310 e. The number of benzene rings is 1. The molecule has 2 atom stereocenters. The molecule has 19 heavy (non-hydrogen) atoms. The molecule has 0 bridgehead atoms. The van der Waals surface area contributed by atoms with Crippen LogP contribution in [0, 0.1) is 11.8 Å². The van der Waals surface area contributed by atoms with Crippen molar-refractivity contribution in [3.63, 3.8) is 0 Å². The largest absolute Gasteiger partial charge is 0.497 e. The molecule has 5 nitrogen and oxygen atoms in total. The first-order chi connectivity index (χ1) is 9.20. The van der Waals surface area contributed by atoms with Crippen molar-refractivity contribution < 1.29 is 24.1 Å². The van der Waals surface area contributed by atoms with Crippen LogP contribution in [0.1, 0.15) is 6.42 Å². The number of carboxylic acid groups (broad SMARTS) is 1. The van der Waals surface area contributed by atoms with Crippen LogP contribution in [0.15, 0.2) is 24.3 Å². The summed E-state index contributed by atoms with van der Waals surface area (Å²) in [7, 11) is 1.58. The molecule has 1 aliphatic rings. The predicted molar refractivity (Wildman–Crippen MR) is 68.5 cm³/mol. The smallest absolute Gasteiger partial charge is 0.310 e. The SMILES string of the molecule is COc1cccc(OCC(C(=O)O)C2CCOC2)c1. The van der Waals surface area contributed by atoms with E-state index in [1.165, 1.54) is 0 Å². The second kappa shape index (κ2) is 6.43. The van der Waals surface area contributed by atoms with Crippen molar-refractivity contribution in [1.29, 1.82) is 0 Å². The quantitative estimate of drug-likeness (QED) is 0.850. The van der Waals surface area contributed by atoms with Crippen LogP contribution in [0.25, 0.3) is 0 Å². The number of carboxylic acids is 1. The minimum atomic E-state index is -0.835. The molecular formula is C14H18O5. The van der Waals surface area contributed by atoms with Crippen LogP contribution in [-0.2, 0) is 9.53 Å². The highest BCUT2D eigenvalue weighted by molar-refractivity contribution is 5.70. The lowest BCUT2D eigenvalue weighted by Gasteiger charge is -2.18. The lowest BCUT2D eigenvalue weighted by Crippen LogP contribution is -2.29. The normalized spacial score (nSPS) is 19.9. The average molecular weight is 266 g/mol. The molecule has 0 saturated carbocycles. The summed E-state index contributed by atoms with van der Waals surface area (Å²) in [5, 5.41) is 9.25. The Morgan fingerprint density at radius 3 is 2.95 bits per heavy atom. The van der Waals surface area contributed by atoms with Gasteiger partial charge in [0.05, 0.1) is 19.6 Å². The molecule has 0 aliphatic carbocycles. The van der Waals surface area contributed by atoms with E-state index in [1.54, 1.807) is 19.2 Å². The van der Waals surface area contributed by atoms with Gasteiger partial charge in [-0.15, -0.1) is 0 Å². The molecule has 0 spiro atoms. The highest BCUT2D eigenvalue weighted by atomic mass is 16.5. The Labute approximate surface area is 112 Å². The number of methoxy groups -OCH3 is 1. The van der Waals surface area contributed by atoms with Crippen LogP contribution >= 0.6 is 0 Å². The third-order valence-corrected chi connectivity index (χ3v) is 3.32. The van der Waals surface area contributed by atoms with Gasteiger partial charge in [-0.25, -0.2) is 0 Å². The second-order valence-electron chi connectivity index (χ2n) is 4.56. The lowest BCUT2D eigenvalue weighted by atomic mass is 9.92. The minimum Gasteiger partial charge on any atom is -0.497 e. The van der Waals surface area contributed by atoms with Crippen molar-refractivity contribution >= 4 is 5.97 Å². The van der Waals surface area contributed by atoms with Gasteiger partial charge in [-0.1, -0.05) is 6.07 Å². The van der Waals surface area contributed by atoms with E-state index in [9.17, 15) is 9.90 Å². The summed E-state index contributed by atoms with van der Waals surface area (Å²) in [5.74, 6) is -0.0340. The third kappa shape index (κ3) is 3.61. The topological polar surface area (TPSA) is 65.0 Å². The van der Waals surface area contributed by atoms with Crippen LogP contribution in [-0.4, -0.2) is 38.0 Å². The first kappa shape index (κ1) is 13.7. The number of hydrogen-bond acceptors (Lipinski definition) is 4. The fourth-order valence-electron chi connectivity index (χ4n) is 2.16. The van der Waals surface area contributed by atoms with Crippen molar-refractivity contribution in [2.45, 2.75) is 6.42 Å². The molecule has 0 amide bonds. The summed E-state index contributed by atoms with van der Waals surface area (Å²) in [5.41, 5.74) is 0. The van der Waals surface area contributed by atoms with Crippen LogP contribution in [0.4, 0.5) is 0 Å².